The van der Waals surface area contributed by atoms with E-state index in [1.165, 1.54) is 25.3 Å². The van der Waals surface area contributed by atoms with Crippen molar-refractivity contribution >= 4 is 16.9 Å². The first kappa shape index (κ1) is 25.6. The van der Waals surface area contributed by atoms with Gasteiger partial charge in [-0.25, -0.2) is 8.78 Å². The van der Waals surface area contributed by atoms with Crippen molar-refractivity contribution < 1.29 is 23.2 Å². The standard InChI is InChI=1S/C28H39F2N3O3/c29-24-16-23-26(17-25(24)30)36-32-28(23)20-10-13-33(14-11-20)12-9-18-1-5-21(6-2-18)31-27(35)15-19-3-7-22(34)8-4-19/h16-22,34H,1-15H2,(H,31,35)/t18?,19-,21?,22-. The average Bonchev–Trinajstić information content (AvgIpc) is 3.28. The lowest BCUT2D eigenvalue weighted by atomic mass is 9.83. The minimum absolute atomic E-state index is 0.169. The molecule has 2 aromatic rings. The van der Waals surface area contributed by atoms with Gasteiger partial charge in [0.05, 0.1) is 11.8 Å². The quantitative estimate of drug-likeness (QED) is 0.537. The number of nitrogens with one attached hydrogen (secondary N) is 1. The highest BCUT2D eigenvalue weighted by Crippen LogP contribution is 2.34. The number of carbonyl (C=O) groups is 1. The van der Waals surface area contributed by atoms with E-state index in [1.807, 2.05) is 0 Å². The van der Waals surface area contributed by atoms with Gasteiger partial charge in [-0.05, 0) is 108 Å². The second-order valence-corrected chi connectivity index (χ2v) is 11.4. The smallest absolute Gasteiger partial charge is 0.220 e. The van der Waals surface area contributed by atoms with Crippen LogP contribution in [0.5, 0.6) is 0 Å². The van der Waals surface area contributed by atoms with E-state index < -0.39 is 11.6 Å². The van der Waals surface area contributed by atoms with Gasteiger partial charge in [0.15, 0.2) is 17.2 Å². The minimum atomic E-state index is -0.905. The van der Waals surface area contributed by atoms with Gasteiger partial charge in [-0.3, -0.25) is 4.79 Å². The summed E-state index contributed by atoms with van der Waals surface area (Å²) in [4.78, 5) is 15.0. The van der Waals surface area contributed by atoms with Crippen molar-refractivity contribution in [3.8, 4) is 0 Å². The Morgan fingerprint density at radius 2 is 1.64 bits per heavy atom. The highest BCUT2D eigenvalue weighted by molar-refractivity contribution is 5.80. The highest BCUT2D eigenvalue weighted by atomic mass is 19.2. The first-order chi connectivity index (χ1) is 17.4. The molecule has 1 amide bonds. The van der Waals surface area contributed by atoms with Crippen LogP contribution in [0, 0.1) is 23.5 Å². The summed E-state index contributed by atoms with van der Waals surface area (Å²) < 4.78 is 32.5. The monoisotopic (exact) mass is 503 g/mol. The Morgan fingerprint density at radius 1 is 0.972 bits per heavy atom. The maximum Gasteiger partial charge on any atom is 0.220 e. The molecule has 0 radical (unpaired) electrons. The second kappa shape index (κ2) is 11.5. The van der Waals surface area contributed by atoms with Crippen LogP contribution in [0.3, 0.4) is 0 Å². The summed E-state index contributed by atoms with van der Waals surface area (Å²) in [6.45, 7) is 3.04. The van der Waals surface area contributed by atoms with E-state index in [4.69, 9.17) is 4.52 Å². The molecule has 1 aliphatic heterocycles. The van der Waals surface area contributed by atoms with Crippen LogP contribution in [0.2, 0.25) is 0 Å². The molecule has 1 aromatic heterocycles. The van der Waals surface area contributed by atoms with Gasteiger partial charge in [0.2, 0.25) is 5.91 Å². The van der Waals surface area contributed by atoms with Crippen LogP contribution >= 0.6 is 0 Å². The molecule has 2 heterocycles. The van der Waals surface area contributed by atoms with Gasteiger partial charge in [-0.1, -0.05) is 5.16 Å². The maximum atomic E-state index is 13.7. The molecule has 198 valence electrons. The Labute approximate surface area is 211 Å². The zero-order chi connectivity index (χ0) is 25.1. The van der Waals surface area contributed by atoms with Crippen LogP contribution in [-0.4, -0.2) is 52.9 Å². The van der Waals surface area contributed by atoms with Crippen molar-refractivity contribution in [1.82, 2.24) is 15.4 Å². The van der Waals surface area contributed by atoms with E-state index >= 15 is 0 Å². The zero-order valence-corrected chi connectivity index (χ0v) is 21.1. The van der Waals surface area contributed by atoms with E-state index in [-0.39, 0.29) is 17.9 Å². The Bertz CT molecular complexity index is 1020. The first-order valence-electron chi connectivity index (χ1n) is 13.9. The Balaban J connectivity index is 0.995. The minimum Gasteiger partial charge on any atom is -0.393 e. The number of halogens is 2. The molecule has 5 rings (SSSR count). The summed E-state index contributed by atoms with van der Waals surface area (Å²) in [5.41, 5.74) is 1.07. The molecular formula is C28H39F2N3O3. The molecule has 0 unspecified atom stereocenters. The summed E-state index contributed by atoms with van der Waals surface area (Å²) in [7, 11) is 0. The molecule has 0 bridgehead atoms. The van der Waals surface area contributed by atoms with Crippen molar-refractivity contribution in [3.63, 3.8) is 0 Å². The topological polar surface area (TPSA) is 78.6 Å². The predicted octanol–water partition coefficient (Wildman–Crippen LogP) is 5.29. The highest BCUT2D eigenvalue weighted by Gasteiger charge is 2.28. The summed E-state index contributed by atoms with van der Waals surface area (Å²) in [5.74, 6) is -0.212. The van der Waals surface area contributed by atoms with Crippen LogP contribution in [0.15, 0.2) is 16.7 Å². The number of fused-ring (bicyclic) bond motifs is 1. The van der Waals surface area contributed by atoms with Crippen LogP contribution in [0.4, 0.5) is 8.78 Å². The van der Waals surface area contributed by atoms with Gasteiger partial charge >= 0.3 is 0 Å². The fourth-order valence-corrected chi connectivity index (χ4v) is 6.53. The number of aromatic nitrogens is 1. The number of likely N-dealkylation sites (tertiary alicyclic amines) is 1. The number of carbonyl (C=O) groups excluding carboxylic acids is 1. The Hall–Kier alpha value is -2.06. The number of hydrogen-bond donors (Lipinski definition) is 2. The zero-order valence-electron chi connectivity index (χ0n) is 21.1. The average molecular weight is 504 g/mol. The molecule has 2 N–H and O–H groups in total. The molecule has 3 aliphatic rings. The Morgan fingerprint density at radius 3 is 2.36 bits per heavy atom. The number of amides is 1. The normalized spacial score (nSPS) is 28.4. The van der Waals surface area contributed by atoms with Gasteiger partial charge in [0.1, 0.15) is 0 Å². The summed E-state index contributed by atoms with van der Waals surface area (Å²) in [6, 6.07) is 2.61. The van der Waals surface area contributed by atoms with E-state index in [9.17, 15) is 18.7 Å². The summed E-state index contributed by atoms with van der Waals surface area (Å²) in [6.07, 6.45) is 11.6. The van der Waals surface area contributed by atoms with Crippen LogP contribution in [0.25, 0.3) is 11.0 Å². The fraction of sp³-hybridized carbons (Fsp3) is 0.714. The van der Waals surface area contributed by atoms with Crippen LogP contribution in [-0.2, 0) is 4.79 Å². The number of nitrogens with zero attached hydrogens (tertiary/aromatic N) is 2. The first-order valence-corrected chi connectivity index (χ1v) is 13.9. The number of aliphatic hydroxyl groups excluding tert-OH is 1. The predicted molar refractivity (Wildman–Crippen MR) is 133 cm³/mol. The molecule has 6 nitrogen and oxygen atoms in total. The fourth-order valence-electron chi connectivity index (χ4n) is 6.53. The van der Waals surface area contributed by atoms with Crippen molar-refractivity contribution in [2.45, 2.75) is 95.1 Å². The maximum absolute atomic E-state index is 13.7. The third-order valence-corrected chi connectivity index (χ3v) is 8.87. The summed E-state index contributed by atoms with van der Waals surface area (Å²) in [5, 5.41) is 17.6. The molecule has 2 aliphatic carbocycles. The van der Waals surface area contributed by atoms with Gasteiger partial charge in [-0.15, -0.1) is 0 Å². The number of aliphatic hydroxyl groups is 1. The summed E-state index contributed by atoms with van der Waals surface area (Å²) >= 11 is 0. The largest absolute Gasteiger partial charge is 0.393 e. The number of piperidine rings is 1. The van der Waals surface area contributed by atoms with Crippen molar-refractivity contribution in [3.05, 3.63) is 29.5 Å². The van der Waals surface area contributed by atoms with E-state index in [1.54, 1.807) is 0 Å². The van der Waals surface area contributed by atoms with Gasteiger partial charge in [0, 0.05) is 29.8 Å². The van der Waals surface area contributed by atoms with Gasteiger partial charge in [0.25, 0.3) is 0 Å². The van der Waals surface area contributed by atoms with Crippen molar-refractivity contribution in [2.75, 3.05) is 19.6 Å². The lowest BCUT2D eigenvalue weighted by Crippen LogP contribution is -2.39. The molecule has 1 saturated heterocycles. The molecule has 8 heteroatoms. The van der Waals surface area contributed by atoms with Gasteiger partial charge in [-0.2, -0.15) is 0 Å². The third kappa shape index (κ3) is 6.25. The van der Waals surface area contributed by atoms with Crippen molar-refractivity contribution in [2.24, 2.45) is 11.8 Å². The Kier molecular flexibility index (Phi) is 8.21. The van der Waals surface area contributed by atoms with E-state index in [0.717, 1.165) is 82.8 Å². The molecule has 0 atom stereocenters. The van der Waals surface area contributed by atoms with Gasteiger partial charge < -0.3 is 19.8 Å². The molecule has 2 saturated carbocycles. The SMILES string of the molecule is O=C(C[C@H]1CC[C@H](O)CC1)NC1CCC(CCN2CCC(c3noc4cc(F)c(F)cc34)CC2)CC1. The number of benzene rings is 1. The molecule has 1 aromatic carbocycles. The molecule has 36 heavy (non-hydrogen) atoms. The van der Waals surface area contributed by atoms with Crippen LogP contribution in [0.1, 0.15) is 88.7 Å². The molecule has 3 fully saturated rings. The van der Waals surface area contributed by atoms with Crippen LogP contribution < -0.4 is 5.32 Å². The number of hydrogen-bond acceptors (Lipinski definition) is 5. The van der Waals surface area contributed by atoms with E-state index in [0.29, 0.717) is 35.3 Å². The lowest BCUT2D eigenvalue weighted by molar-refractivity contribution is -0.123. The van der Waals surface area contributed by atoms with Crippen molar-refractivity contribution in [1.29, 1.82) is 0 Å². The lowest BCUT2D eigenvalue weighted by Gasteiger charge is -2.34. The molecule has 0 spiro atoms. The molecular weight excluding hydrogens is 464 g/mol. The second-order valence-electron chi connectivity index (χ2n) is 11.4. The van der Waals surface area contributed by atoms with E-state index in [2.05, 4.69) is 15.4 Å². The number of rotatable bonds is 7. The third-order valence-electron chi connectivity index (χ3n) is 8.87.